The first kappa shape index (κ1) is 18.7. The molecule has 1 fully saturated rings. The summed E-state index contributed by atoms with van der Waals surface area (Å²) < 4.78 is 4.37. The fourth-order valence-corrected chi connectivity index (χ4v) is 3.78. The molecule has 1 aliphatic heterocycles. The van der Waals surface area contributed by atoms with Crippen LogP contribution in [0.15, 0.2) is 28.4 Å². The number of halogens is 5. The van der Waals surface area contributed by atoms with Crippen molar-refractivity contribution in [2.24, 2.45) is 0 Å². The largest absolute Gasteiger partial charge is 0.467 e. The lowest BCUT2D eigenvalue weighted by molar-refractivity contribution is -0.143. The lowest BCUT2D eigenvalue weighted by atomic mass is 10.1. The van der Waals surface area contributed by atoms with Gasteiger partial charge in [0.2, 0.25) is 5.91 Å². The first-order valence-corrected chi connectivity index (χ1v) is 8.17. The van der Waals surface area contributed by atoms with Gasteiger partial charge >= 0.3 is 5.97 Å². The number of esters is 1. The highest BCUT2D eigenvalue weighted by atomic mass is 35.5. The summed E-state index contributed by atoms with van der Waals surface area (Å²) >= 11 is 30.0. The van der Waals surface area contributed by atoms with E-state index in [1.807, 2.05) is 0 Å². The second-order valence-corrected chi connectivity index (χ2v) is 7.23. The van der Waals surface area contributed by atoms with Gasteiger partial charge in [-0.1, -0.05) is 64.1 Å². The van der Waals surface area contributed by atoms with E-state index < -0.39 is 16.8 Å². The number of ether oxygens (including phenoxy) is 1. The third kappa shape index (κ3) is 3.57. The minimum absolute atomic E-state index is 0.0228. The number of alkyl halides is 1. The van der Waals surface area contributed by atoms with Gasteiger partial charge < -0.3 is 9.64 Å². The minimum Gasteiger partial charge on any atom is -0.467 e. The molecule has 0 saturated carbocycles. The predicted octanol–water partition coefficient (Wildman–Crippen LogP) is 4.52. The molecule has 0 aromatic heterocycles. The van der Waals surface area contributed by atoms with Crippen molar-refractivity contribution in [3.05, 3.63) is 44.0 Å². The fraction of sp³-hybridized carbons (Fsp3) is 0.286. The first-order valence-electron chi connectivity index (χ1n) is 6.28. The summed E-state index contributed by atoms with van der Waals surface area (Å²) in [6.45, 7) is 0.0403. The van der Waals surface area contributed by atoms with Crippen LogP contribution in [0.5, 0.6) is 0 Å². The zero-order valence-corrected chi connectivity index (χ0v) is 15.5. The van der Waals surface area contributed by atoms with Gasteiger partial charge in [0, 0.05) is 10.0 Å². The Kier molecular flexibility index (Phi) is 5.75. The number of methoxy groups -OCH3 is 1. The minimum atomic E-state index is -1.76. The molecule has 0 spiro atoms. The maximum absolute atomic E-state index is 12.3. The molecule has 1 saturated heterocycles. The summed E-state index contributed by atoms with van der Waals surface area (Å²) in [7, 11) is 1.16. The molecule has 124 valence electrons. The second-order valence-electron chi connectivity index (χ2n) is 4.79. The molecule has 0 aliphatic carbocycles. The number of carbonyl (C=O) groups is 2. The van der Waals surface area contributed by atoms with Crippen LogP contribution in [0.4, 0.5) is 0 Å². The molecule has 0 N–H and O–H groups in total. The molecule has 23 heavy (non-hydrogen) atoms. The van der Waals surface area contributed by atoms with Gasteiger partial charge in [-0.15, -0.1) is 0 Å². The Bertz CT molecular complexity index is 702. The summed E-state index contributed by atoms with van der Waals surface area (Å²) in [4.78, 5) is 23.8. The van der Waals surface area contributed by atoms with Gasteiger partial charge in [0.05, 0.1) is 25.8 Å². The molecule has 9 heteroatoms. The third-order valence-electron chi connectivity index (χ3n) is 3.37. The van der Waals surface area contributed by atoms with E-state index in [2.05, 4.69) is 4.74 Å². The van der Waals surface area contributed by atoms with Crippen LogP contribution < -0.4 is 0 Å². The maximum atomic E-state index is 12.3. The SMILES string of the molecule is COC(=O)C1(Cl)CC(=O)N(Cc2ccc(Cl)cc2Cl)C1=C(Cl)Cl. The Balaban J connectivity index is 2.44. The van der Waals surface area contributed by atoms with E-state index in [0.29, 0.717) is 15.6 Å². The Morgan fingerprint density at radius 2 is 2.00 bits per heavy atom. The van der Waals surface area contributed by atoms with Crippen molar-refractivity contribution in [3.63, 3.8) is 0 Å². The van der Waals surface area contributed by atoms with Crippen molar-refractivity contribution in [2.75, 3.05) is 7.11 Å². The molecule has 0 radical (unpaired) electrons. The van der Waals surface area contributed by atoms with Crippen LogP contribution in [0.2, 0.25) is 10.0 Å². The van der Waals surface area contributed by atoms with Crippen LogP contribution in [-0.2, 0) is 20.9 Å². The number of rotatable bonds is 3. The van der Waals surface area contributed by atoms with Crippen molar-refractivity contribution in [1.82, 2.24) is 4.90 Å². The van der Waals surface area contributed by atoms with E-state index in [9.17, 15) is 9.59 Å². The monoisotopic (exact) mass is 415 g/mol. The molecule has 2 rings (SSSR count). The van der Waals surface area contributed by atoms with Crippen LogP contribution in [0, 0.1) is 0 Å². The quantitative estimate of drug-likeness (QED) is 0.537. The average molecular weight is 418 g/mol. The topological polar surface area (TPSA) is 46.6 Å². The summed E-state index contributed by atoms with van der Waals surface area (Å²) in [5, 5.41) is 0.819. The first-order chi connectivity index (χ1) is 10.7. The highest BCUT2D eigenvalue weighted by molar-refractivity contribution is 6.57. The smallest absolute Gasteiger partial charge is 0.333 e. The number of benzene rings is 1. The number of hydrogen-bond acceptors (Lipinski definition) is 3. The van der Waals surface area contributed by atoms with Crippen LogP contribution in [0.3, 0.4) is 0 Å². The van der Waals surface area contributed by atoms with Gasteiger partial charge in [-0.2, -0.15) is 0 Å². The van der Waals surface area contributed by atoms with Crippen molar-refractivity contribution in [2.45, 2.75) is 17.8 Å². The van der Waals surface area contributed by atoms with Crippen molar-refractivity contribution in [3.8, 4) is 0 Å². The molecule has 1 heterocycles. The highest BCUT2D eigenvalue weighted by Gasteiger charge is 2.54. The molecular formula is C14H10Cl5NO3. The summed E-state index contributed by atoms with van der Waals surface area (Å²) in [6, 6.07) is 4.83. The molecular weight excluding hydrogens is 407 g/mol. The Morgan fingerprint density at radius 1 is 1.35 bits per heavy atom. The number of hydrogen-bond donors (Lipinski definition) is 0. The Labute approximate surface area is 157 Å². The third-order valence-corrected chi connectivity index (χ3v) is 4.78. The molecule has 1 atom stereocenters. The van der Waals surface area contributed by atoms with Gasteiger partial charge in [-0.25, -0.2) is 4.79 Å². The van der Waals surface area contributed by atoms with Crippen LogP contribution in [-0.4, -0.2) is 28.8 Å². The second kappa shape index (κ2) is 7.08. The van der Waals surface area contributed by atoms with Gasteiger partial charge in [0.15, 0.2) is 4.87 Å². The summed E-state index contributed by atoms with van der Waals surface area (Å²) in [5.74, 6) is -1.24. The molecule has 1 aromatic carbocycles. The van der Waals surface area contributed by atoms with E-state index in [4.69, 9.17) is 58.0 Å². The number of likely N-dealkylation sites (tertiary alicyclic amines) is 1. The zero-order valence-electron chi connectivity index (χ0n) is 11.7. The van der Waals surface area contributed by atoms with Crippen LogP contribution >= 0.6 is 58.0 Å². The van der Waals surface area contributed by atoms with Crippen molar-refractivity contribution < 1.29 is 14.3 Å². The van der Waals surface area contributed by atoms with Gasteiger partial charge in [-0.3, -0.25) is 4.79 Å². The standard InChI is InChI=1S/C14H10Cl5NO3/c1-23-13(22)14(19)5-10(21)20(11(14)12(17)18)6-7-2-3-8(15)4-9(7)16/h2-4H,5-6H2,1H3. The fourth-order valence-electron chi connectivity index (χ4n) is 2.30. The lowest BCUT2D eigenvalue weighted by Crippen LogP contribution is -2.35. The van der Waals surface area contributed by atoms with E-state index in [1.165, 1.54) is 4.90 Å². The van der Waals surface area contributed by atoms with Gasteiger partial charge in [0.25, 0.3) is 0 Å². The number of amides is 1. The van der Waals surface area contributed by atoms with Crippen LogP contribution in [0.1, 0.15) is 12.0 Å². The van der Waals surface area contributed by atoms with E-state index in [0.717, 1.165) is 7.11 Å². The van der Waals surface area contributed by atoms with Crippen molar-refractivity contribution >= 4 is 69.9 Å². The lowest BCUT2D eigenvalue weighted by Gasteiger charge is -2.24. The summed E-state index contributed by atoms with van der Waals surface area (Å²) in [6.07, 6.45) is -0.315. The molecule has 1 aromatic rings. The predicted molar refractivity (Wildman–Crippen MR) is 91.0 cm³/mol. The number of carbonyl (C=O) groups excluding carboxylic acids is 2. The zero-order chi connectivity index (χ0) is 17.4. The molecule has 1 amide bonds. The molecule has 4 nitrogen and oxygen atoms in total. The van der Waals surface area contributed by atoms with E-state index in [-0.39, 0.29) is 23.2 Å². The maximum Gasteiger partial charge on any atom is 0.333 e. The van der Waals surface area contributed by atoms with Gasteiger partial charge in [0.1, 0.15) is 4.49 Å². The van der Waals surface area contributed by atoms with Crippen LogP contribution in [0.25, 0.3) is 0 Å². The van der Waals surface area contributed by atoms with E-state index >= 15 is 0 Å². The molecule has 1 unspecified atom stereocenters. The molecule has 1 aliphatic rings. The Hall–Kier alpha value is -0.650. The normalized spacial score (nSPS) is 20.9. The summed E-state index contributed by atoms with van der Waals surface area (Å²) in [5.41, 5.74) is 0.577. The van der Waals surface area contributed by atoms with Crippen molar-refractivity contribution in [1.29, 1.82) is 0 Å². The van der Waals surface area contributed by atoms with Gasteiger partial charge in [-0.05, 0) is 17.7 Å². The Morgan fingerprint density at radius 3 is 2.52 bits per heavy atom. The number of nitrogens with zero attached hydrogens (tertiary/aromatic N) is 1. The molecule has 0 bridgehead atoms. The highest BCUT2D eigenvalue weighted by Crippen LogP contribution is 2.44. The van der Waals surface area contributed by atoms with E-state index in [1.54, 1.807) is 18.2 Å². The average Bonchev–Trinajstić information content (AvgIpc) is 2.73.